The number of allylic oxidation sites excluding steroid dienone is 9. The van der Waals surface area contributed by atoms with Crippen LogP contribution < -0.4 is 5.48 Å². The van der Waals surface area contributed by atoms with E-state index in [2.05, 4.69) is 130 Å². The molecule has 0 heterocycles. The van der Waals surface area contributed by atoms with Crippen molar-refractivity contribution in [1.82, 2.24) is 5.48 Å². The molecule has 0 amide bonds. The SMILES string of the molecule is C=[N+](O)C(C)(C)C(=O)C(=O)O[C@H]1C[C@@H](C)C=C2C=C[C@H](C)C(CC[C@H]3CC(=O)C[C@H](C)C3)[C@H]21.CC(=O)C(C)(C)NO.CC(=O)C(C)C.CC(C)(C)C(=O)C(=O)O.C[C@H]1CC(=O)C[C@H](CCC2[C@@H](C)C=CC3=C[C@H](C)C[C@H](O)[C@@H]32)C1.C[C@H]1CC(=O)C[C@H](CCC2[C@@H](C)C=CC3=C[C@H](C)C[C@H](OC(=O)C(=O)C(C)(C)C)[C@@H]32)C1.[2H]C#C. The fourth-order valence-electron chi connectivity index (χ4n) is 17.6. The predicted octanol–water partition coefficient (Wildman–Crippen LogP) is 17.3. The molecular weight excluding hydrogens is 1420 g/mol. The number of carbonyl (C=O) groups is 11. The second kappa shape index (κ2) is 44.3. The van der Waals surface area contributed by atoms with Crippen LogP contribution in [0.2, 0.25) is 0 Å². The first-order chi connectivity index (χ1) is 52.2. The number of aliphatic hydroxyl groups is 1. The van der Waals surface area contributed by atoms with Gasteiger partial charge in [0, 0.05) is 86.9 Å². The molecule has 112 heavy (non-hydrogen) atoms. The molecule has 9 aliphatic rings. The molecule has 0 radical (unpaired) electrons. The summed E-state index contributed by atoms with van der Waals surface area (Å²) in [6.07, 6.45) is 41.7. The molecule has 21 atom stereocenters. The number of carbonyl (C=O) groups excluding carboxylic acids is 10. The molecule has 628 valence electrons. The topological polar surface area (TPSA) is 302 Å². The van der Waals surface area contributed by atoms with Crippen molar-refractivity contribution in [1.29, 1.82) is 0 Å². The van der Waals surface area contributed by atoms with Crippen LogP contribution in [0.3, 0.4) is 0 Å². The van der Waals surface area contributed by atoms with E-state index in [9.17, 15) is 63.1 Å². The first-order valence-corrected chi connectivity index (χ1v) is 41.5. The van der Waals surface area contributed by atoms with E-state index in [1.54, 1.807) is 62.3 Å². The molecule has 9 rings (SSSR count). The molecule has 0 bridgehead atoms. The van der Waals surface area contributed by atoms with Gasteiger partial charge in [0.15, 0.2) is 12.5 Å². The summed E-state index contributed by atoms with van der Waals surface area (Å²) >= 11 is 0. The van der Waals surface area contributed by atoms with Gasteiger partial charge in [-0.2, -0.15) is 5.48 Å². The number of nitrogens with one attached hydrogen (secondary N) is 1. The summed E-state index contributed by atoms with van der Waals surface area (Å²) in [5.74, 6) is 3.46. The molecule has 19 nitrogen and oxygen atoms in total. The Bertz CT molecular complexity index is 3550. The minimum atomic E-state index is -1.46. The number of esters is 2. The maximum Gasteiger partial charge on any atom is 0.382 e. The highest BCUT2D eigenvalue weighted by Gasteiger charge is 2.49. The van der Waals surface area contributed by atoms with Gasteiger partial charge in [0.1, 0.15) is 36.7 Å². The fraction of sp³-hybridized carbons (Fsp3) is 0.720. The van der Waals surface area contributed by atoms with Crippen molar-refractivity contribution in [3.8, 4) is 12.8 Å². The smallest absolute Gasteiger partial charge is 0.382 e. The predicted molar refractivity (Wildman–Crippen MR) is 439 cm³/mol. The Hall–Kier alpha value is -6.88. The quantitative estimate of drug-likeness (QED) is 0.0153. The maximum absolute atomic E-state index is 12.8. The zero-order valence-corrected chi connectivity index (χ0v) is 72.5. The lowest BCUT2D eigenvalue weighted by atomic mass is 9.64. The normalized spacial score (nSPS) is 31.3. The van der Waals surface area contributed by atoms with Crippen molar-refractivity contribution in [3.05, 3.63) is 71.4 Å². The van der Waals surface area contributed by atoms with E-state index in [1.165, 1.54) is 50.3 Å². The zero-order valence-electron chi connectivity index (χ0n) is 73.5. The lowest BCUT2D eigenvalue weighted by Gasteiger charge is -2.43. The lowest BCUT2D eigenvalue weighted by molar-refractivity contribution is -0.805. The molecule has 3 fully saturated rings. The van der Waals surface area contributed by atoms with Crippen LogP contribution in [0.25, 0.3) is 0 Å². The average Bonchev–Trinajstić information content (AvgIpc) is 0.780. The molecule has 0 aliphatic heterocycles. The standard InChI is InChI=1S/C27H40NO5.C27H40O4.C21H32O2.C6H10O3.C5H11NO2.C5H10O.C2H2/c1-16-11-19(15-21(29)13-16)8-10-22-18(3)7-9-20-12-17(2)14-23(24(20)22)33-26(31)25(30)27(4,5)28(6)32;1-16-11-19(15-21(28)13-16)8-10-22-18(3)7-9-20-12-17(2)14-23(24(20)22)31-26(30)25(29)27(4,5)6;1-13-8-16(12-18(22)10-13)5-7-19-15(3)4-6-17-9-14(2)11-20(23)21(17)19;1-6(2,3)4(7)5(8)9;1-4(7)5(2,3)6-8;1-4(2)5(3)6;1-2/h7,9,12,16-19,22-24,32H,6,8,10-11,13-15H2,1-5H3;7,9,12,16-19,22-24H,8,10-11,13-15H2,1-6H3;4,6,9,13-16,19-21,23H,5,7-8,10-12H2,1-3H3;1-3H3,(H,8,9);6,8H,1-3H3;4H,1-3H3;1-2H/q+1;;;;;;/t2*16-,17+,18+,19-,22?,23+,24+;13-,14+,15+,16-,19?,20+,21+;;;;/m111..../s1/i;;;;;;1D. The third kappa shape index (κ3) is 30.4. The molecule has 5 N–H and O–H groups in total. The maximum atomic E-state index is 12.8. The van der Waals surface area contributed by atoms with Gasteiger partial charge in [-0.3, -0.25) is 43.6 Å². The van der Waals surface area contributed by atoms with Crippen LogP contribution in [-0.4, -0.2) is 126 Å². The first kappa shape index (κ1) is 97.5. The Morgan fingerprint density at radius 1 is 0.527 bits per heavy atom. The van der Waals surface area contributed by atoms with Gasteiger partial charge in [-0.25, -0.2) is 14.4 Å². The Labute approximate surface area is 673 Å². The molecule has 3 unspecified atom stereocenters. The van der Waals surface area contributed by atoms with Gasteiger partial charge in [-0.15, -0.1) is 12.8 Å². The second-order valence-corrected chi connectivity index (χ2v) is 38.3. The van der Waals surface area contributed by atoms with Crippen molar-refractivity contribution in [3.63, 3.8) is 0 Å². The molecule has 9 aliphatic carbocycles. The van der Waals surface area contributed by atoms with Gasteiger partial charge < -0.3 is 24.9 Å². The third-order valence-electron chi connectivity index (χ3n) is 24.6. The summed E-state index contributed by atoms with van der Waals surface area (Å²) in [5, 5.41) is 36.8. The Morgan fingerprint density at radius 2 is 0.830 bits per heavy atom. The molecule has 0 aromatic rings. The number of carboxylic acids is 1. The van der Waals surface area contributed by atoms with E-state index in [0.29, 0.717) is 131 Å². The van der Waals surface area contributed by atoms with E-state index in [0.717, 1.165) is 83.5 Å². The second-order valence-electron chi connectivity index (χ2n) is 38.3. The minimum absolute atomic E-state index is 0.0303. The molecule has 0 aromatic heterocycles. The number of aliphatic hydroxyl groups excluding tert-OH is 1. The van der Waals surface area contributed by atoms with Crippen molar-refractivity contribution >= 4 is 70.9 Å². The van der Waals surface area contributed by atoms with E-state index in [-0.39, 0.29) is 53.4 Å². The fourth-order valence-corrected chi connectivity index (χ4v) is 17.6. The summed E-state index contributed by atoms with van der Waals surface area (Å²) in [5.41, 5.74) is 1.92. The van der Waals surface area contributed by atoms with Crippen LogP contribution in [0.1, 0.15) is 276 Å². The minimum Gasteiger partial charge on any atom is -0.475 e. The molecule has 0 saturated heterocycles. The number of hydrogen-bond donors (Lipinski definition) is 5. The van der Waals surface area contributed by atoms with Gasteiger partial charge in [0.25, 0.3) is 5.54 Å². The summed E-state index contributed by atoms with van der Waals surface area (Å²) in [7, 11) is 0. The van der Waals surface area contributed by atoms with Crippen LogP contribution in [0.4, 0.5) is 0 Å². The van der Waals surface area contributed by atoms with Gasteiger partial charge in [-0.05, 0) is 215 Å². The zero-order chi connectivity index (χ0) is 86.3. The Morgan fingerprint density at radius 3 is 1.09 bits per heavy atom. The molecule has 0 aromatic carbocycles. The van der Waals surface area contributed by atoms with Gasteiger partial charge in [0.05, 0.1) is 11.6 Å². The molecule has 3 saturated carbocycles. The molecule has 0 spiro atoms. The highest BCUT2D eigenvalue weighted by molar-refractivity contribution is 6.37. The number of terminal acetylenes is 1. The summed E-state index contributed by atoms with van der Waals surface area (Å²) < 4.78 is 18.0. The van der Waals surface area contributed by atoms with Crippen LogP contribution >= 0.6 is 0 Å². The van der Waals surface area contributed by atoms with Crippen LogP contribution in [0, 0.1) is 136 Å². The average molecular weight is 1560 g/mol. The van der Waals surface area contributed by atoms with Crippen molar-refractivity contribution < 1.29 is 89.0 Å². The Balaban J connectivity index is 0.000000381. The third-order valence-corrected chi connectivity index (χ3v) is 24.6. The number of ether oxygens (including phenoxy) is 2. The van der Waals surface area contributed by atoms with E-state index < -0.39 is 63.3 Å². The Kier molecular flexibility index (Phi) is 38.5. The number of hydrogen-bond acceptors (Lipinski definition) is 17. The van der Waals surface area contributed by atoms with Crippen molar-refractivity contribution in [2.75, 3.05) is 0 Å². The highest BCUT2D eigenvalue weighted by atomic mass is 16.6. The van der Waals surface area contributed by atoms with Crippen LogP contribution in [0.15, 0.2) is 71.4 Å². The first-order valence-electron chi connectivity index (χ1n) is 42.0. The highest BCUT2D eigenvalue weighted by Crippen LogP contribution is 2.49. The molecular formula is C93H145N2O17+. The van der Waals surface area contributed by atoms with Gasteiger partial charge >= 0.3 is 23.7 Å². The molecule has 19 heteroatoms. The number of ketones is 8. The van der Waals surface area contributed by atoms with E-state index in [4.69, 9.17) is 21.2 Å². The number of nitrogens with zero attached hydrogens (tertiary/aromatic N) is 1. The number of fused-ring (bicyclic) bond motifs is 3. The van der Waals surface area contributed by atoms with E-state index >= 15 is 0 Å². The summed E-state index contributed by atoms with van der Waals surface area (Å²) in [6, 6.07) is 0. The van der Waals surface area contributed by atoms with Crippen LogP contribution in [0.5, 0.6) is 0 Å². The van der Waals surface area contributed by atoms with Gasteiger partial charge in [0.2, 0.25) is 11.6 Å². The number of rotatable bonds is 19. The number of Topliss-reactive ketones (excluding diaryl/α,β-unsaturated/α-hetero) is 8. The van der Waals surface area contributed by atoms with Crippen molar-refractivity contribution in [2.45, 2.75) is 304 Å². The number of carboxylic acid groups (broad SMARTS) is 1. The van der Waals surface area contributed by atoms with E-state index in [1.807, 2.05) is 19.3 Å². The largest absolute Gasteiger partial charge is 0.475 e. The summed E-state index contributed by atoms with van der Waals surface area (Å²) in [6.45, 7) is 46.0. The van der Waals surface area contributed by atoms with Crippen LogP contribution in [-0.2, 0) is 62.2 Å². The number of aliphatic carboxylic acids is 1. The van der Waals surface area contributed by atoms with Gasteiger partial charge in [-0.1, -0.05) is 172 Å². The lowest BCUT2D eigenvalue weighted by Crippen LogP contribution is -2.49. The number of hydroxylamine groups is 2. The monoisotopic (exact) mass is 1560 g/mol. The summed E-state index contributed by atoms with van der Waals surface area (Å²) in [4.78, 5) is 128. The van der Waals surface area contributed by atoms with Crippen molar-refractivity contribution in [2.24, 2.45) is 123 Å².